The Morgan fingerprint density at radius 2 is 1.68 bits per heavy atom. The van der Waals surface area contributed by atoms with Crippen LogP contribution in [-0.4, -0.2) is 53.4 Å². The number of carbonyl (C=O) groups excluding carboxylic acids is 2. The number of rotatable bonds is 11. The van der Waals surface area contributed by atoms with E-state index in [-0.39, 0.29) is 81.6 Å². The monoisotopic (exact) mass is 864 g/mol. The van der Waals surface area contributed by atoms with E-state index in [1.165, 1.54) is 34.9 Å². The molecule has 0 radical (unpaired) electrons. The van der Waals surface area contributed by atoms with Gasteiger partial charge in [-0.1, -0.05) is 89.0 Å². The highest BCUT2D eigenvalue weighted by Gasteiger charge is 2.31. The Bertz CT molecular complexity index is 2020. The van der Waals surface area contributed by atoms with E-state index in [0.29, 0.717) is 5.56 Å². The Labute approximate surface area is 342 Å². The number of hydrogen-bond donors (Lipinski definition) is 3. The van der Waals surface area contributed by atoms with Crippen LogP contribution in [0.2, 0.25) is 10.0 Å². The number of nitrogens with zero attached hydrogens (tertiary/aromatic N) is 3. The summed E-state index contributed by atoms with van der Waals surface area (Å²) in [5, 5.41) is 9.31. The molecule has 1 aromatic heterocycles. The number of aromatic nitrogens is 2. The molecular formula is C39H45Cl3F6N6O3. The molecule has 5 rings (SSSR count). The lowest BCUT2D eigenvalue weighted by atomic mass is 9.95. The van der Waals surface area contributed by atoms with E-state index in [1.54, 1.807) is 31.7 Å². The third kappa shape index (κ3) is 13.4. The molecule has 1 aliphatic heterocycles. The molecule has 2 amide bonds. The van der Waals surface area contributed by atoms with Gasteiger partial charge in [0, 0.05) is 35.8 Å². The van der Waals surface area contributed by atoms with E-state index >= 15 is 0 Å². The van der Waals surface area contributed by atoms with Crippen molar-refractivity contribution in [1.82, 2.24) is 14.9 Å². The number of nitrogens with one attached hydrogen (secondary N) is 3. The second kappa shape index (κ2) is 20.4. The first-order valence-corrected chi connectivity index (χ1v) is 19.0. The predicted octanol–water partition coefficient (Wildman–Crippen LogP) is 11.9. The maximum atomic E-state index is 14.4. The van der Waals surface area contributed by atoms with Gasteiger partial charge in [0.15, 0.2) is 0 Å². The van der Waals surface area contributed by atoms with Crippen molar-refractivity contribution in [2.24, 2.45) is 5.41 Å². The third-order valence-corrected chi connectivity index (χ3v) is 9.17. The van der Waals surface area contributed by atoms with Crippen molar-refractivity contribution in [2.75, 3.05) is 28.6 Å². The molecule has 0 aliphatic carbocycles. The minimum Gasteiger partial charge on any atom is -0.406 e. The molecule has 1 aliphatic rings. The molecule has 0 spiro atoms. The van der Waals surface area contributed by atoms with Gasteiger partial charge in [-0.2, -0.15) is 0 Å². The molecule has 0 saturated carbocycles. The fraction of sp³-hybridized carbons (Fsp3) is 0.410. The quantitative estimate of drug-likeness (QED) is 0.130. The zero-order valence-electron chi connectivity index (χ0n) is 32.2. The second-order valence-corrected chi connectivity index (χ2v) is 14.8. The Morgan fingerprint density at radius 1 is 1.05 bits per heavy atom. The number of benzene rings is 3. The minimum absolute atomic E-state index is 0.0168. The van der Waals surface area contributed by atoms with Gasteiger partial charge < -0.3 is 30.2 Å². The van der Waals surface area contributed by atoms with E-state index in [9.17, 15) is 35.9 Å². The molecule has 2 heterocycles. The maximum Gasteiger partial charge on any atom is 0.573 e. The maximum absolute atomic E-state index is 14.4. The van der Waals surface area contributed by atoms with E-state index in [2.05, 4.69) is 32.3 Å². The molecular weight excluding hydrogens is 821 g/mol. The van der Waals surface area contributed by atoms with Crippen LogP contribution in [-0.2, 0) is 17.9 Å². The van der Waals surface area contributed by atoms with Gasteiger partial charge in [-0.3, -0.25) is 9.59 Å². The first-order valence-electron chi connectivity index (χ1n) is 17.9. The summed E-state index contributed by atoms with van der Waals surface area (Å²) < 4.78 is 85.2. The van der Waals surface area contributed by atoms with Gasteiger partial charge in [-0.05, 0) is 60.9 Å². The molecule has 57 heavy (non-hydrogen) atoms. The Balaban J connectivity index is 0.00000115. The van der Waals surface area contributed by atoms with Crippen LogP contribution < -0.4 is 25.6 Å². The van der Waals surface area contributed by atoms with Crippen LogP contribution in [0.25, 0.3) is 11.0 Å². The molecule has 1 unspecified atom stereocenters. The highest BCUT2D eigenvalue weighted by atomic mass is 35.5. The van der Waals surface area contributed by atoms with Gasteiger partial charge in [0.2, 0.25) is 11.9 Å². The van der Waals surface area contributed by atoms with E-state index in [0.717, 1.165) is 23.6 Å². The summed E-state index contributed by atoms with van der Waals surface area (Å²) in [5.74, 6) is -1.51. The molecule has 1 fully saturated rings. The zero-order valence-corrected chi connectivity index (χ0v) is 34.5. The van der Waals surface area contributed by atoms with Crippen molar-refractivity contribution in [2.45, 2.75) is 86.4 Å². The van der Waals surface area contributed by atoms with Crippen LogP contribution in [0.15, 0.2) is 60.1 Å². The molecule has 9 nitrogen and oxygen atoms in total. The smallest absolute Gasteiger partial charge is 0.406 e. The Hall–Kier alpha value is -4.34. The number of allylic oxidation sites excluding steroid dienone is 1. The lowest BCUT2D eigenvalue weighted by Gasteiger charge is -2.22. The second-order valence-electron chi connectivity index (χ2n) is 13.5. The van der Waals surface area contributed by atoms with E-state index in [4.69, 9.17) is 34.8 Å². The number of ether oxygens (including phenoxy) is 1. The van der Waals surface area contributed by atoms with Crippen LogP contribution in [0, 0.1) is 5.41 Å². The lowest BCUT2D eigenvalue weighted by Crippen LogP contribution is -2.34. The zero-order chi connectivity index (χ0) is 42.8. The molecule has 0 bridgehead atoms. The average Bonchev–Trinajstić information content (AvgIpc) is 3.71. The fourth-order valence-corrected chi connectivity index (χ4v) is 5.83. The van der Waals surface area contributed by atoms with Crippen molar-refractivity contribution in [3.05, 3.63) is 81.3 Å². The molecule has 3 N–H and O–H groups in total. The first-order chi connectivity index (χ1) is 26.7. The summed E-state index contributed by atoms with van der Waals surface area (Å²) in [4.78, 5) is 32.2. The van der Waals surface area contributed by atoms with Crippen LogP contribution in [0.3, 0.4) is 0 Å². The number of imidazole rings is 1. The summed E-state index contributed by atoms with van der Waals surface area (Å²) in [7, 11) is 0. The van der Waals surface area contributed by atoms with Gasteiger partial charge in [0.1, 0.15) is 11.9 Å². The number of fused-ring (bicyclic) bond motifs is 1. The number of amides is 2. The molecule has 4 aromatic rings. The highest BCUT2D eigenvalue weighted by molar-refractivity contribution is 6.39. The summed E-state index contributed by atoms with van der Waals surface area (Å²) in [6.07, 6.45) is -7.89. The van der Waals surface area contributed by atoms with Gasteiger partial charge in [-0.25, -0.2) is 18.2 Å². The minimum atomic E-state index is -4.90. The van der Waals surface area contributed by atoms with E-state index < -0.39 is 42.6 Å². The average molecular weight is 866 g/mol. The van der Waals surface area contributed by atoms with Crippen molar-refractivity contribution >= 4 is 80.7 Å². The normalized spacial score (nSPS) is 14.0. The van der Waals surface area contributed by atoms with Gasteiger partial charge in [0.05, 0.1) is 44.6 Å². The number of alkyl halides is 6. The van der Waals surface area contributed by atoms with Gasteiger partial charge in [0.25, 0.3) is 12.3 Å². The molecule has 18 heteroatoms. The fourth-order valence-electron chi connectivity index (χ4n) is 5.30. The third-order valence-electron chi connectivity index (χ3n) is 8.16. The van der Waals surface area contributed by atoms with Crippen LogP contribution in [0.4, 0.5) is 49.4 Å². The first kappa shape index (κ1) is 47.0. The number of halogens is 9. The summed E-state index contributed by atoms with van der Waals surface area (Å²) >= 11 is 18.4. The molecule has 1 atom stereocenters. The van der Waals surface area contributed by atoms with Crippen LogP contribution in [0.5, 0.6) is 5.75 Å². The van der Waals surface area contributed by atoms with Crippen molar-refractivity contribution < 1.29 is 40.7 Å². The highest BCUT2D eigenvalue weighted by Crippen LogP contribution is 2.38. The Kier molecular flexibility index (Phi) is 16.8. The molecule has 1 saturated heterocycles. The largest absolute Gasteiger partial charge is 0.573 e. The van der Waals surface area contributed by atoms with Gasteiger partial charge >= 0.3 is 6.36 Å². The topological polar surface area (TPSA) is 101 Å². The van der Waals surface area contributed by atoms with E-state index in [1.807, 2.05) is 20.8 Å². The van der Waals surface area contributed by atoms with Crippen molar-refractivity contribution in [3.8, 4) is 5.75 Å². The van der Waals surface area contributed by atoms with Crippen molar-refractivity contribution in [3.63, 3.8) is 0 Å². The van der Waals surface area contributed by atoms with Crippen LogP contribution in [0.1, 0.15) is 70.3 Å². The summed E-state index contributed by atoms with van der Waals surface area (Å²) in [5.41, 5.74) is 0.660. The number of anilines is 4. The summed E-state index contributed by atoms with van der Waals surface area (Å²) in [6.45, 7) is 14.1. The number of hydrogen-bond acceptors (Lipinski definition) is 6. The predicted molar refractivity (Wildman–Crippen MR) is 216 cm³/mol. The lowest BCUT2D eigenvalue weighted by molar-refractivity contribution is -0.274. The van der Waals surface area contributed by atoms with Gasteiger partial charge in [-0.15, -0.1) is 13.2 Å². The SMILES string of the molecule is C=C(Cl)CC.CC.CC(C)(C)C(=O)NCc1ccc(Cl)c(Nc2nc3cc(C(=O)Nc4ccc(OC(F)(F)F)cc4)c(N4CCC(F)C4)cc3n2CC(F)F)c1Cl. The van der Waals surface area contributed by atoms with Crippen LogP contribution >= 0.6 is 34.8 Å². The summed E-state index contributed by atoms with van der Waals surface area (Å²) in [6, 6.07) is 10.4. The standard InChI is InChI=1S/C33H32Cl2F6N6O3.C4H7Cl.C2H6/c1-32(2,3)30(49)42-14-17-4-9-22(34)28(27(17)35)45-31-44-23-12-21(29(48)43-19-5-7-20(8-6-19)50-33(39,40)41)24(46-11-10-18(36)15-46)13-25(23)47(31)16-26(37)38;1-3-4(2)5;1-2/h4-9,12-13,18,26H,10-11,14-16H2,1-3H3,(H,42,49)(H,43,48)(H,44,45);2-3H2,1H3;1-2H3. The number of carbonyl (C=O) groups is 2. The molecule has 312 valence electrons. The van der Waals surface area contributed by atoms with Crippen molar-refractivity contribution in [1.29, 1.82) is 0 Å². The molecule has 3 aromatic carbocycles. The Morgan fingerprint density at radius 3 is 2.21 bits per heavy atom.